The average molecular weight is 316 g/mol. The van der Waals surface area contributed by atoms with Gasteiger partial charge in [0.05, 0.1) is 12.0 Å². The number of benzene rings is 1. The molecule has 6 heteroatoms. The number of carbonyl (C=O) groups is 3. The minimum absolute atomic E-state index is 0.00386. The van der Waals surface area contributed by atoms with E-state index in [-0.39, 0.29) is 18.2 Å². The lowest BCUT2D eigenvalue weighted by molar-refractivity contribution is -0.139. The summed E-state index contributed by atoms with van der Waals surface area (Å²) in [6.45, 7) is 2.17. The topological polar surface area (TPSA) is 86.7 Å². The SMILES string of the molecule is CC(=O)N1CCc2cc(C(=O)NC3(CC(=O)O)CCC3)ccc21. The summed E-state index contributed by atoms with van der Waals surface area (Å²) >= 11 is 0. The molecule has 0 bridgehead atoms. The minimum Gasteiger partial charge on any atom is -0.481 e. The fourth-order valence-corrected chi connectivity index (χ4v) is 3.42. The van der Waals surface area contributed by atoms with Crippen LogP contribution in [0.1, 0.15) is 48.5 Å². The first-order chi connectivity index (χ1) is 10.9. The van der Waals surface area contributed by atoms with E-state index in [1.54, 1.807) is 23.1 Å². The number of carboxylic acids is 1. The van der Waals surface area contributed by atoms with Gasteiger partial charge in [-0.15, -0.1) is 0 Å². The molecule has 2 amide bonds. The van der Waals surface area contributed by atoms with Crippen LogP contribution in [0.25, 0.3) is 0 Å². The zero-order valence-corrected chi connectivity index (χ0v) is 13.1. The first kappa shape index (κ1) is 15.5. The van der Waals surface area contributed by atoms with Crippen molar-refractivity contribution in [2.24, 2.45) is 0 Å². The van der Waals surface area contributed by atoms with Crippen molar-refractivity contribution in [3.63, 3.8) is 0 Å². The molecule has 1 aromatic rings. The molecule has 1 aliphatic heterocycles. The van der Waals surface area contributed by atoms with E-state index in [9.17, 15) is 14.4 Å². The number of hydrogen-bond acceptors (Lipinski definition) is 3. The van der Waals surface area contributed by atoms with Crippen molar-refractivity contribution in [3.8, 4) is 0 Å². The van der Waals surface area contributed by atoms with Crippen LogP contribution < -0.4 is 10.2 Å². The van der Waals surface area contributed by atoms with Crippen molar-refractivity contribution in [2.45, 2.75) is 44.6 Å². The Balaban J connectivity index is 1.76. The number of carbonyl (C=O) groups excluding carboxylic acids is 2. The van der Waals surface area contributed by atoms with Crippen molar-refractivity contribution >= 4 is 23.5 Å². The predicted molar refractivity (Wildman–Crippen MR) is 84.5 cm³/mol. The second kappa shape index (κ2) is 5.68. The molecule has 1 saturated carbocycles. The van der Waals surface area contributed by atoms with Gasteiger partial charge in [0.2, 0.25) is 5.91 Å². The van der Waals surface area contributed by atoms with E-state index in [1.807, 2.05) is 0 Å². The standard InChI is InChI=1S/C17H20N2O4/c1-11(20)19-8-5-12-9-13(3-4-14(12)19)16(23)18-17(6-2-7-17)10-15(21)22/h3-4,9H,2,5-8,10H2,1H3,(H,18,23)(H,21,22). The monoisotopic (exact) mass is 316 g/mol. The summed E-state index contributed by atoms with van der Waals surface area (Å²) < 4.78 is 0. The van der Waals surface area contributed by atoms with Crippen LogP contribution in [0.2, 0.25) is 0 Å². The molecule has 0 atom stereocenters. The van der Waals surface area contributed by atoms with Crippen molar-refractivity contribution in [1.29, 1.82) is 0 Å². The summed E-state index contributed by atoms with van der Waals surface area (Å²) in [6, 6.07) is 5.30. The van der Waals surface area contributed by atoms with E-state index >= 15 is 0 Å². The fraction of sp³-hybridized carbons (Fsp3) is 0.471. The van der Waals surface area contributed by atoms with Gasteiger partial charge in [-0.05, 0) is 49.4 Å². The first-order valence-electron chi connectivity index (χ1n) is 7.86. The van der Waals surface area contributed by atoms with Crippen molar-refractivity contribution in [2.75, 3.05) is 11.4 Å². The molecule has 1 fully saturated rings. The number of nitrogens with zero attached hydrogens (tertiary/aromatic N) is 1. The van der Waals surface area contributed by atoms with Crippen LogP contribution in [-0.4, -0.2) is 35.0 Å². The molecule has 0 aromatic heterocycles. The first-order valence-corrected chi connectivity index (χ1v) is 7.86. The maximum absolute atomic E-state index is 12.5. The molecular weight excluding hydrogens is 296 g/mol. The van der Waals surface area contributed by atoms with E-state index in [0.717, 1.165) is 24.1 Å². The smallest absolute Gasteiger partial charge is 0.305 e. The lowest BCUT2D eigenvalue weighted by Gasteiger charge is -2.41. The van der Waals surface area contributed by atoms with Crippen molar-refractivity contribution < 1.29 is 19.5 Å². The van der Waals surface area contributed by atoms with Gasteiger partial charge in [0.15, 0.2) is 0 Å². The number of fused-ring (bicyclic) bond motifs is 1. The van der Waals surface area contributed by atoms with Crippen molar-refractivity contribution in [1.82, 2.24) is 5.32 Å². The Labute approximate surface area is 134 Å². The van der Waals surface area contributed by atoms with Gasteiger partial charge in [0.25, 0.3) is 5.91 Å². The number of anilines is 1. The molecular formula is C17H20N2O4. The lowest BCUT2D eigenvalue weighted by Crippen LogP contribution is -2.54. The molecule has 0 spiro atoms. The molecule has 0 unspecified atom stereocenters. The summed E-state index contributed by atoms with van der Waals surface area (Å²) in [5, 5.41) is 11.9. The van der Waals surface area contributed by atoms with Gasteiger partial charge in [0.1, 0.15) is 0 Å². The van der Waals surface area contributed by atoms with Crippen LogP contribution in [0.3, 0.4) is 0 Å². The van der Waals surface area contributed by atoms with Gasteiger partial charge >= 0.3 is 5.97 Å². The van der Waals surface area contributed by atoms with Gasteiger partial charge in [-0.25, -0.2) is 0 Å². The molecule has 23 heavy (non-hydrogen) atoms. The van der Waals surface area contributed by atoms with Crippen LogP contribution >= 0.6 is 0 Å². The van der Waals surface area contributed by atoms with E-state index in [2.05, 4.69) is 5.32 Å². The quantitative estimate of drug-likeness (QED) is 0.885. The third kappa shape index (κ3) is 2.93. The Morgan fingerprint density at radius 3 is 2.61 bits per heavy atom. The molecule has 1 aromatic carbocycles. The zero-order chi connectivity index (χ0) is 16.6. The normalized spacial score (nSPS) is 18.0. The Bertz CT molecular complexity index is 679. The highest BCUT2D eigenvalue weighted by molar-refractivity contribution is 5.98. The number of aliphatic carboxylic acids is 1. The van der Waals surface area contributed by atoms with Crippen LogP contribution in [0.15, 0.2) is 18.2 Å². The maximum Gasteiger partial charge on any atom is 0.305 e. The zero-order valence-electron chi connectivity index (χ0n) is 13.1. The van der Waals surface area contributed by atoms with Crippen LogP contribution in [0, 0.1) is 0 Å². The number of carboxylic acid groups (broad SMARTS) is 1. The summed E-state index contributed by atoms with van der Waals surface area (Å²) in [5.41, 5.74) is 1.75. The molecule has 2 N–H and O–H groups in total. The van der Waals surface area contributed by atoms with Gasteiger partial charge in [-0.2, -0.15) is 0 Å². The number of nitrogens with one attached hydrogen (secondary N) is 1. The number of hydrogen-bond donors (Lipinski definition) is 2. The maximum atomic E-state index is 12.5. The molecule has 2 aliphatic rings. The lowest BCUT2D eigenvalue weighted by atomic mass is 9.74. The Hall–Kier alpha value is -2.37. The summed E-state index contributed by atoms with van der Waals surface area (Å²) in [4.78, 5) is 36.7. The summed E-state index contributed by atoms with van der Waals surface area (Å²) in [7, 11) is 0. The van der Waals surface area contributed by atoms with Crippen molar-refractivity contribution in [3.05, 3.63) is 29.3 Å². The molecule has 6 nitrogen and oxygen atoms in total. The molecule has 122 valence electrons. The third-order valence-electron chi connectivity index (χ3n) is 4.80. The van der Waals surface area contributed by atoms with E-state index < -0.39 is 11.5 Å². The van der Waals surface area contributed by atoms with E-state index in [0.29, 0.717) is 24.9 Å². The molecule has 3 rings (SSSR count). The predicted octanol–water partition coefficient (Wildman–Crippen LogP) is 1.72. The van der Waals surface area contributed by atoms with Crippen LogP contribution in [0.5, 0.6) is 0 Å². The Morgan fingerprint density at radius 1 is 1.30 bits per heavy atom. The Morgan fingerprint density at radius 2 is 2.04 bits per heavy atom. The van der Waals surface area contributed by atoms with Crippen LogP contribution in [-0.2, 0) is 16.0 Å². The molecule has 0 radical (unpaired) electrons. The van der Waals surface area contributed by atoms with Crippen LogP contribution in [0.4, 0.5) is 5.69 Å². The number of rotatable bonds is 4. The van der Waals surface area contributed by atoms with E-state index in [4.69, 9.17) is 5.11 Å². The fourth-order valence-electron chi connectivity index (χ4n) is 3.42. The summed E-state index contributed by atoms with van der Waals surface area (Å²) in [6.07, 6.45) is 3.03. The summed E-state index contributed by atoms with van der Waals surface area (Å²) in [5.74, 6) is -1.14. The Kier molecular flexibility index (Phi) is 3.83. The second-order valence-corrected chi connectivity index (χ2v) is 6.42. The van der Waals surface area contributed by atoms with Gasteiger partial charge < -0.3 is 15.3 Å². The highest BCUT2D eigenvalue weighted by Gasteiger charge is 2.40. The highest BCUT2D eigenvalue weighted by Crippen LogP contribution is 2.35. The van der Waals surface area contributed by atoms with Gasteiger partial charge in [-0.3, -0.25) is 14.4 Å². The highest BCUT2D eigenvalue weighted by atomic mass is 16.4. The number of amides is 2. The minimum atomic E-state index is -0.893. The average Bonchev–Trinajstić information content (AvgIpc) is 2.87. The molecule has 1 heterocycles. The van der Waals surface area contributed by atoms with Gasteiger partial charge in [-0.1, -0.05) is 0 Å². The second-order valence-electron chi connectivity index (χ2n) is 6.42. The third-order valence-corrected chi connectivity index (χ3v) is 4.80. The molecule has 0 saturated heterocycles. The van der Waals surface area contributed by atoms with Gasteiger partial charge in [0, 0.05) is 24.7 Å². The van der Waals surface area contributed by atoms with E-state index in [1.165, 1.54) is 6.92 Å². The molecule has 1 aliphatic carbocycles. The largest absolute Gasteiger partial charge is 0.481 e.